The van der Waals surface area contributed by atoms with Crippen molar-refractivity contribution < 1.29 is 23.1 Å². The number of aromatic amines is 1. The zero-order valence-corrected chi connectivity index (χ0v) is 25.0. The van der Waals surface area contributed by atoms with E-state index in [1.54, 1.807) is 13.0 Å². The summed E-state index contributed by atoms with van der Waals surface area (Å²) < 4.78 is 34.0. The minimum absolute atomic E-state index is 0.0124. The van der Waals surface area contributed by atoms with E-state index in [-0.39, 0.29) is 28.2 Å². The van der Waals surface area contributed by atoms with E-state index in [2.05, 4.69) is 29.0 Å². The molecule has 1 aliphatic heterocycles. The number of benzene rings is 2. The number of aliphatic hydroxyl groups excluding tert-OH is 1. The number of aryl methyl sites for hydroxylation is 1. The number of para-hydroxylation sites is 2. The number of imidazole rings is 1. The highest BCUT2D eigenvalue weighted by Gasteiger charge is 2.54. The van der Waals surface area contributed by atoms with Crippen molar-refractivity contribution >= 4 is 26.8 Å². The number of allylic oxidation sites excluding steroid dienone is 3. The van der Waals surface area contributed by atoms with Gasteiger partial charge in [-0.15, -0.1) is 0 Å². The number of H-pyrrole nitrogens is 1. The Kier molecular flexibility index (Phi) is 7.37. The predicted octanol–water partition coefficient (Wildman–Crippen LogP) is 6.80. The first-order valence-corrected chi connectivity index (χ1v) is 16.5. The molecule has 42 heavy (non-hydrogen) atoms. The summed E-state index contributed by atoms with van der Waals surface area (Å²) in [5.74, 6) is -0.869. The van der Waals surface area contributed by atoms with Gasteiger partial charge < -0.3 is 14.8 Å². The number of hydrogen-bond acceptors (Lipinski definition) is 6. The lowest BCUT2D eigenvalue weighted by atomic mass is 9.66. The molecule has 3 aliphatic rings. The van der Waals surface area contributed by atoms with Crippen LogP contribution in [-0.4, -0.2) is 40.8 Å². The lowest BCUT2D eigenvalue weighted by Gasteiger charge is -2.46. The van der Waals surface area contributed by atoms with Crippen molar-refractivity contribution in [2.24, 2.45) is 17.3 Å². The van der Waals surface area contributed by atoms with Crippen LogP contribution in [0.4, 0.5) is 0 Å². The van der Waals surface area contributed by atoms with Crippen molar-refractivity contribution in [2.45, 2.75) is 69.6 Å². The second-order valence-electron chi connectivity index (χ2n) is 12.2. The lowest BCUT2D eigenvalue weighted by Crippen LogP contribution is -2.49. The molecular formula is C34H38N2O5S. The van der Waals surface area contributed by atoms with E-state index in [0.29, 0.717) is 36.7 Å². The van der Waals surface area contributed by atoms with Crippen LogP contribution in [0.25, 0.3) is 11.0 Å². The van der Waals surface area contributed by atoms with Gasteiger partial charge in [-0.05, 0) is 69.1 Å². The largest absolute Gasteiger partial charge is 0.511 e. The smallest absolute Gasteiger partial charge is 0.337 e. The van der Waals surface area contributed by atoms with E-state index >= 15 is 0 Å². The minimum Gasteiger partial charge on any atom is -0.511 e. The summed E-state index contributed by atoms with van der Waals surface area (Å²) in [6, 6.07) is 17.4. The highest BCUT2D eigenvalue weighted by Crippen LogP contribution is 2.56. The summed E-state index contributed by atoms with van der Waals surface area (Å²) in [4.78, 5) is 20.5. The second-order valence-corrected chi connectivity index (χ2v) is 14.1. The first-order chi connectivity index (χ1) is 20.2. The Morgan fingerprint density at radius 2 is 1.81 bits per heavy atom. The van der Waals surface area contributed by atoms with Crippen LogP contribution in [0.3, 0.4) is 0 Å². The number of aromatic nitrogens is 2. The molecular weight excluding hydrogens is 548 g/mol. The molecule has 0 radical (unpaired) electrons. The molecule has 1 fully saturated rings. The fourth-order valence-corrected chi connectivity index (χ4v) is 8.84. The Hall–Kier alpha value is -3.65. The molecule has 3 atom stereocenters. The Morgan fingerprint density at radius 1 is 1.07 bits per heavy atom. The summed E-state index contributed by atoms with van der Waals surface area (Å²) in [6.07, 6.45) is 10.9. The molecule has 3 unspecified atom stereocenters. The Balaban J connectivity index is 1.36. The quantitative estimate of drug-likeness (QED) is 0.253. The molecule has 6 rings (SSSR count). The topological polar surface area (TPSA) is 109 Å². The van der Waals surface area contributed by atoms with Gasteiger partial charge in [0.1, 0.15) is 11.4 Å². The Labute approximate surface area is 247 Å². The van der Waals surface area contributed by atoms with Gasteiger partial charge in [0, 0.05) is 5.41 Å². The second kappa shape index (κ2) is 10.9. The standard InChI is InChI=1S/C34H38N2O5S/c1-3-18-34(20-17-24-10-5-4-6-11-24)29(30(37)23(2)31(38)41-34)25-12-9-19-33(21-25,26-15-16-26)22-42(39,40)32-35-27-13-7-8-14-28(27)36-32/h4-14,19,26,29,37H,3,15-18,20-22H2,1-2H3,(H,35,36). The van der Waals surface area contributed by atoms with Crippen LogP contribution >= 0.6 is 0 Å². The maximum Gasteiger partial charge on any atom is 0.337 e. The average molecular weight is 587 g/mol. The van der Waals surface area contributed by atoms with Crippen LogP contribution in [0.2, 0.25) is 0 Å². The summed E-state index contributed by atoms with van der Waals surface area (Å²) in [5, 5.41) is 11.6. The van der Waals surface area contributed by atoms with Crippen LogP contribution in [0.5, 0.6) is 0 Å². The number of ether oxygens (including phenoxy) is 1. The summed E-state index contributed by atoms with van der Waals surface area (Å²) in [5.41, 5.74) is 1.99. The van der Waals surface area contributed by atoms with Gasteiger partial charge in [0.15, 0.2) is 0 Å². The molecule has 2 N–H and O–H groups in total. The number of nitrogens with zero attached hydrogens (tertiary/aromatic N) is 1. The van der Waals surface area contributed by atoms with Crippen LogP contribution < -0.4 is 0 Å². The third-order valence-corrected chi connectivity index (χ3v) is 11.0. The fourth-order valence-electron chi connectivity index (χ4n) is 7.06. The molecule has 0 saturated heterocycles. The number of carbonyl (C=O) groups is 1. The molecule has 0 amide bonds. The number of sulfone groups is 1. The zero-order valence-electron chi connectivity index (χ0n) is 24.2. The molecule has 2 heterocycles. The van der Waals surface area contributed by atoms with Gasteiger partial charge in [-0.3, -0.25) is 0 Å². The minimum atomic E-state index is -3.76. The van der Waals surface area contributed by atoms with Crippen molar-refractivity contribution in [3.63, 3.8) is 0 Å². The molecule has 0 spiro atoms. The van der Waals surface area contributed by atoms with Crippen LogP contribution in [0.15, 0.2) is 94.9 Å². The van der Waals surface area contributed by atoms with E-state index in [0.717, 1.165) is 30.4 Å². The van der Waals surface area contributed by atoms with E-state index in [9.17, 15) is 18.3 Å². The zero-order chi connectivity index (χ0) is 29.5. The first-order valence-electron chi connectivity index (χ1n) is 14.9. The SMILES string of the molecule is CCCC1(CCc2ccccc2)OC(=O)C(C)=C(O)C1C1=CC=CC(CS(=O)(=O)c2nc3ccccc3[nH]2)(C2CC2)C1. The normalized spacial score (nSPS) is 26.4. The highest BCUT2D eigenvalue weighted by molar-refractivity contribution is 7.91. The van der Waals surface area contributed by atoms with Crippen molar-refractivity contribution in [1.82, 2.24) is 9.97 Å². The summed E-state index contributed by atoms with van der Waals surface area (Å²) in [6.45, 7) is 3.66. The number of carbonyl (C=O) groups excluding carboxylic acids is 1. The van der Waals surface area contributed by atoms with Gasteiger partial charge in [-0.2, -0.15) is 0 Å². The fraction of sp³-hybridized carbons (Fsp3) is 0.412. The number of fused-ring (bicyclic) bond motifs is 1. The Bertz CT molecular complexity index is 1670. The molecule has 1 saturated carbocycles. The van der Waals surface area contributed by atoms with Gasteiger partial charge in [0.2, 0.25) is 15.0 Å². The van der Waals surface area contributed by atoms with Gasteiger partial charge in [-0.25, -0.2) is 18.2 Å². The summed E-state index contributed by atoms with van der Waals surface area (Å²) in [7, 11) is -3.76. The molecule has 220 valence electrons. The number of aliphatic hydroxyl groups is 1. The third-order valence-electron chi connectivity index (χ3n) is 9.29. The molecule has 2 aromatic carbocycles. The van der Waals surface area contributed by atoms with Crippen molar-refractivity contribution in [1.29, 1.82) is 0 Å². The lowest BCUT2D eigenvalue weighted by molar-refractivity contribution is -0.166. The molecule has 1 aromatic heterocycles. The maximum atomic E-state index is 13.9. The van der Waals surface area contributed by atoms with Crippen molar-refractivity contribution in [3.8, 4) is 0 Å². The molecule has 7 nitrogen and oxygen atoms in total. The van der Waals surface area contributed by atoms with Crippen molar-refractivity contribution in [3.05, 3.63) is 95.3 Å². The summed E-state index contributed by atoms with van der Waals surface area (Å²) >= 11 is 0. The predicted molar refractivity (Wildman–Crippen MR) is 162 cm³/mol. The number of esters is 1. The van der Waals surface area contributed by atoms with Gasteiger partial charge >= 0.3 is 5.97 Å². The van der Waals surface area contributed by atoms with Gasteiger partial charge in [-0.1, -0.05) is 79.6 Å². The van der Waals surface area contributed by atoms with Crippen LogP contribution in [0.1, 0.15) is 57.9 Å². The molecule has 0 bridgehead atoms. The highest BCUT2D eigenvalue weighted by atomic mass is 32.2. The number of cyclic esters (lactones) is 1. The van der Waals surface area contributed by atoms with E-state index in [4.69, 9.17) is 4.74 Å². The molecule has 2 aliphatic carbocycles. The van der Waals surface area contributed by atoms with Crippen LogP contribution in [-0.2, 0) is 25.8 Å². The Morgan fingerprint density at radius 3 is 2.52 bits per heavy atom. The van der Waals surface area contributed by atoms with E-state index < -0.39 is 32.7 Å². The monoisotopic (exact) mass is 586 g/mol. The number of nitrogens with one attached hydrogen (secondary N) is 1. The van der Waals surface area contributed by atoms with E-state index in [1.165, 1.54) is 0 Å². The van der Waals surface area contributed by atoms with Gasteiger partial charge in [0.25, 0.3) is 0 Å². The molecule has 3 aromatic rings. The first kappa shape index (κ1) is 28.5. The van der Waals surface area contributed by atoms with E-state index in [1.807, 2.05) is 54.6 Å². The maximum absolute atomic E-state index is 13.9. The number of hydrogen-bond donors (Lipinski definition) is 2. The third kappa shape index (κ3) is 5.21. The molecule has 8 heteroatoms. The van der Waals surface area contributed by atoms with Gasteiger partial charge in [0.05, 0.1) is 28.3 Å². The van der Waals surface area contributed by atoms with Crippen molar-refractivity contribution in [2.75, 3.05) is 5.75 Å². The van der Waals surface area contributed by atoms with Crippen LogP contribution in [0, 0.1) is 17.3 Å². The number of rotatable bonds is 10. The average Bonchev–Trinajstić information content (AvgIpc) is 3.75.